The Kier molecular flexibility index (Phi) is 2.17. The van der Waals surface area contributed by atoms with Crippen molar-refractivity contribution in [2.24, 2.45) is 0 Å². The van der Waals surface area contributed by atoms with E-state index in [1.54, 1.807) is 6.07 Å². The minimum Gasteiger partial charge on any atom is -0.436 e. The molecule has 0 unspecified atom stereocenters. The first-order valence-corrected chi connectivity index (χ1v) is 6.32. The molecule has 4 rings (SSSR count). The number of benzene rings is 2. The van der Waals surface area contributed by atoms with E-state index in [1.165, 1.54) is 0 Å². The van der Waals surface area contributed by atoms with Crippen LogP contribution in [0.2, 0.25) is 5.02 Å². The van der Waals surface area contributed by atoms with Gasteiger partial charge in [-0.3, -0.25) is 0 Å². The van der Waals surface area contributed by atoms with Gasteiger partial charge in [0.2, 0.25) is 5.89 Å². The highest BCUT2D eigenvalue weighted by atomic mass is 35.5. The standard InChI is InChI=1S/C15H9ClN2O/c16-9-5-6-13-14(7-9)19-15(18-13)11-8-17-12-4-2-1-3-10(11)12/h1-8,17H. The fourth-order valence-electron chi connectivity index (χ4n) is 2.26. The number of halogens is 1. The molecule has 92 valence electrons. The molecule has 4 aromatic rings. The van der Waals surface area contributed by atoms with Gasteiger partial charge in [0.15, 0.2) is 5.58 Å². The zero-order valence-corrected chi connectivity index (χ0v) is 10.6. The molecule has 4 heteroatoms. The molecule has 0 aliphatic rings. The molecule has 0 atom stereocenters. The first-order valence-electron chi connectivity index (χ1n) is 5.94. The van der Waals surface area contributed by atoms with Gasteiger partial charge in [0.05, 0.1) is 5.56 Å². The van der Waals surface area contributed by atoms with E-state index in [0.717, 1.165) is 22.0 Å². The van der Waals surface area contributed by atoms with Crippen LogP contribution in [0.25, 0.3) is 33.5 Å². The largest absolute Gasteiger partial charge is 0.436 e. The van der Waals surface area contributed by atoms with Crippen molar-refractivity contribution in [3.8, 4) is 11.5 Å². The number of nitrogens with one attached hydrogen (secondary N) is 1. The number of hydrogen-bond donors (Lipinski definition) is 1. The van der Waals surface area contributed by atoms with Gasteiger partial charge in [-0.15, -0.1) is 0 Å². The highest BCUT2D eigenvalue weighted by Crippen LogP contribution is 2.31. The van der Waals surface area contributed by atoms with E-state index in [4.69, 9.17) is 16.0 Å². The molecule has 0 amide bonds. The van der Waals surface area contributed by atoms with Crippen molar-refractivity contribution in [3.05, 3.63) is 53.7 Å². The predicted octanol–water partition coefficient (Wildman–Crippen LogP) is 4.63. The summed E-state index contributed by atoms with van der Waals surface area (Å²) < 4.78 is 5.79. The average Bonchev–Trinajstić information content (AvgIpc) is 3.00. The van der Waals surface area contributed by atoms with E-state index in [0.29, 0.717) is 16.5 Å². The van der Waals surface area contributed by atoms with Crippen LogP contribution in [-0.4, -0.2) is 9.97 Å². The van der Waals surface area contributed by atoms with Crippen molar-refractivity contribution in [2.75, 3.05) is 0 Å². The van der Waals surface area contributed by atoms with Gasteiger partial charge in [0.1, 0.15) is 5.52 Å². The van der Waals surface area contributed by atoms with Gasteiger partial charge >= 0.3 is 0 Å². The van der Waals surface area contributed by atoms with Crippen molar-refractivity contribution in [1.29, 1.82) is 0 Å². The van der Waals surface area contributed by atoms with Crippen LogP contribution in [0.3, 0.4) is 0 Å². The topological polar surface area (TPSA) is 41.8 Å². The summed E-state index contributed by atoms with van der Waals surface area (Å²) in [6.07, 6.45) is 1.91. The number of oxazole rings is 1. The Morgan fingerprint density at radius 2 is 2.00 bits per heavy atom. The van der Waals surface area contributed by atoms with Crippen LogP contribution in [0.5, 0.6) is 0 Å². The molecular formula is C15H9ClN2O. The number of rotatable bonds is 1. The summed E-state index contributed by atoms with van der Waals surface area (Å²) >= 11 is 5.95. The van der Waals surface area contributed by atoms with Crippen molar-refractivity contribution in [1.82, 2.24) is 9.97 Å². The molecule has 0 spiro atoms. The summed E-state index contributed by atoms with van der Waals surface area (Å²) in [6.45, 7) is 0. The number of H-pyrrole nitrogens is 1. The van der Waals surface area contributed by atoms with E-state index in [1.807, 2.05) is 42.6 Å². The quantitative estimate of drug-likeness (QED) is 0.547. The lowest BCUT2D eigenvalue weighted by atomic mass is 10.2. The lowest BCUT2D eigenvalue weighted by molar-refractivity contribution is 0.620. The summed E-state index contributed by atoms with van der Waals surface area (Å²) in [5.41, 5.74) is 3.54. The second-order valence-electron chi connectivity index (χ2n) is 4.38. The number of fused-ring (bicyclic) bond motifs is 2. The molecule has 0 aliphatic heterocycles. The maximum atomic E-state index is 5.95. The fourth-order valence-corrected chi connectivity index (χ4v) is 2.42. The van der Waals surface area contributed by atoms with Crippen LogP contribution in [0.4, 0.5) is 0 Å². The molecule has 2 heterocycles. The smallest absolute Gasteiger partial charge is 0.229 e. The lowest BCUT2D eigenvalue weighted by Crippen LogP contribution is -1.73. The number of aromatic nitrogens is 2. The third-order valence-electron chi connectivity index (χ3n) is 3.17. The molecule has 3 nitrogen and oxygen atoms in total. The maximum Gasteiger partial charge on any atom is 0.229 e. The van der Waals surface area contributed by atoms with Crippen molar-refractivity contribution in [3.63, 3.8) is 0 Å². The SMILES string of the molecule is Clc1ccc2nc(-c3c[nH]c4ccccc34)oc2c1. The van der Waals surface area contributed by atoms with Crippen molar-refractivity contribution < 1.29 is 4.42 Å². The minimum absolute atomic E-state index is 0.606. The molecule has 0 radical (unpaired) electrons. The van der Waals surface area contributed by atoms with Gasteiger partial charge in [-0.25, -0.2) is 4.98 Å². The third-order valence-corrected chi connectivity index (χ3v) is 3.41. The summed E-state index contributed by atoms with van der Waals surface area (Å²) in [7, 11) is 0. The van der Waals surface area contributed by atoms with Gasteiger partial charge in [-0.2, -0.15) is 0 Å². The van der Waals surface area contributed by atoms with Crippen LogP contribution in [0.15, 0.2) is 53.1 Å². The summed E-state index contributed by atoms with van der Waals surface area (Å²) in [5, 5.41) is 1.74. The second-order valence-corrected chi connectivity index (χ2v) is 4.82. The highest BCUT2D eigenvalue weighted by Gasteiger charge is 2.12. The Hall–Kier alpha value is -2.26. The zero-order chi connectivity index (χ0) is 12.8. The van der Waals surface area contributed by atoms with E-state index < -0.39 is 0 Å². The van der Waals surface area contributed by atoms with E-state index in [-0.39, 0.29) is 0 Å². The molecule has 2 aromatic heterocycles. The van der Waals surface area contributed by atoms with Gasteiger partial charge in [-0.05, 0) is 18.2 Å². The molecule has 0 bridgehead atoms. The summed E-state index contributed by atoms with van der Waals surface area (Å²) in [6, 6.07) is 13.5. The Balaban J connectivity index is 1.99. The molecule has 0 aliphatic carbocycles. The van der Waals surface area contributed by atoms with Gasteiger partial charge in [-0.1, -0.05) is 29.8 Å². The second kappa shape index (κ2) is 3.87. The van der Waals surface area contributed by atoms with Crippen LogP contribution in [0.1, 0.15) is 0 Å². The summed E-state index contributed by atoms with van der Waals surface area (Å²) in [5.74, 6) is 0.606. The van der Waals surface area contributed by atoms with Crippen molar-refractivity contribution in [2.45, 2.75) is 0 Å². The molecule has 1 N–H and O–H groups in total. The average molecular weight is 269 g/mol. The monoisotopic (exact) mass is 268 g/mol. The van der Waals surface area contributed by atoms with Crippen LogP contribution < -0.4 is 0 Å². The first-order chi connectivity index (χ1) is 9.31. The molecule has 2 aromatic carbocycles. The number of hydrogen-bond acceptors (Lipinski definition) is 2. The van der Waals surface area contributed by atoms with Gasteiger partial charge in [0.25, 0.3) is 0 Å². The minimum atomic E-state index is 0.606. The van der Waals surface area contributed by atoms with Crippen LogP contribution in [-0.2, 0) is 0 Å². The van der Waals surface area contributed by atoms with E-state index in [9.17, 15) is 0 Å². The fraction of sp³-hybridized carbons (Fsp3) is 0. The Morgan fingerprint density at radius 3 is 2.95 bits per heavy atom. The normalized spacial score (nSPS) is 11.4. The zero-order valence-electron chi connectivity index (χ0n) is 9.85. The molecule has 0 saturated heterocycles. The van der Waals surface area contributed by atoms with E-state index in [2.05, 4.69) is 9.97 Å². The molecule has 0 saturated carbocycles. The maximum absolute atomic E-state index is 5.95. The number of nitrogens with zero attached hydrogens (tertiary/aromatic N) is 1. The number of aromatic amines is 1. The number of para-hydroxylation sites is 1. The molecule has 19 heavy (non-hydrogen) atoms. The van der Waals surface area contributed by atoms with Gasteiger partial charge < -0.3 is 9.40 Å². The highest BCUT2D eigenvalue weighted by molar-refractivity contribution is 6.31. The van der Waals surface area contributed by atoms with Crippen molar-refractivity contribution >= 4 is 33.6 Å². The Labute approximate surface area is 113 Å². The Morgan fingerprint density at radius 1 is 1.11 bits per heavy atom. The van der Waals surface area contributed by atoms with Crippen LogP contribution in [0, 0.1) is 0 Å². The van der Waals surface area contributed by atoms with E-state index >= 15 is 0 Å². The lowest BCUT2D eigenvalue weighted by Gasteiger charge is -1.91. The predicted molar refractivity (Wildman–Crippen MR) is 76.3 cm³/mol. The van der Waals surface area contributed by atoms with Gasteiger partial charge in [0, 0.05) is 28.2 Å². The third kappa shape index (κ3) is 1.63. The first kappa shape index (κ1) is 10.6. The van der Waals surface area contributed by atoms with Crippen LogP contribution >= 0.6 is 11.6 Å². The summed E-state index contributed by atoms with van der Waals surface area (Å²) in [4.78, 5) is 7.72. The Bertz CT molecular complexity index is 891. The molecule has 0 fully saturated rings. The molecular weight excluding hydrogens is 260 g/mol.